The molecule has 0 saturated carbocycles. The molecule has 1 atom stereocenters. The highest BCUT2D eigenvalue weighted by molar-refractivity contribution is 6.21. The maximum atomic E-state index is 13.1. The van der Waals surface area contributed by atoms with Gasteiger partial charge in [0.25, 0.3) is 5.69 Å². The summed E-state index contributed by atoms with van der Waals surface area (Å²) in [7, 11) is 0. The first-order valence-electron chi connectivity index (χ1n) is 8.21. The number of hydrogen-bond donors (Lipinski definition) is 1. The summed E-state index contributed by atoms with van der Waals surface area (Å²) in [6.45, 7) is 1.52. The number of nitro benzene ring substituents is 1. The van der Waals surface area contributed by atoms with Crippen molar-refractivity contribution >= 4 is 34.2 Å². The summed E-state index contributed by atoms with van der Waals surface area (Å²) in [6.07, 6.45) is 1.36. The number of non-ortho nitro benzene ring substituents is 1. The summed E-state index contributed by atoms with van der Waals surface area (Å²) >= 11 is 4.98. The molecule has 3 aromatic rings. The number of carbonyl (C=O) groups is 1. The zero-order valence-corrected chi connectivity index (χ0v) is 15.4. The van der Waals surface area contributed by atoms with Gasteiger partial charge >= 0.3 is 5.38 Å². The molecule has 0 aliphatic heterocycles. The highest BCUT2D eigenvalue weighted by Crippen LogP contribution is 2.32. The van der Waals surface area contributed by atoms with Crippen molar-refractivity contribution in [3.8, 4) is 0 Å². The molecule has 2 aromatic carbocycles. The first kappa shape index (κ1) is 19.7. The van der Waals surface area contributed by atoms with Gasteiger partial charge in [0, 0.05) is 11.6 Å². The van der Waals surface area contributed by atoms with Crippen molar-refractivity contribution in [3.05, 3.63) is 70.0 Å². The molecule has 146 valence electrons. The lowest BCUT2D eigenvalue weighted by atomic mass is 10.1. The van der Waals surface area contributed by atoms with E-state index in [0.29, 0.717) is 11.1 Å². The fourth-order valence-electron chi connectivity index (χ4n) is 2.86. The number of aromatic nitrogens is 2. The number of nitrogens with zero attached hydrogens (tertiary/aromatic N) is 3. The Morgan fingerprint density at radius 3 is 2.61 bits per heavy atom. The van der Waals surface area contributed by atoms with Crippen LogP contribution in [0.2, 0.25) is 0 Å². The molecule has 0 bridgehead atoms. The minimum absolute atomic E-state index is 0.145. The fraction of sp³-hybridized carbons (Fsp3) is 0.222. The zero-order valence-electron chi connectivity index (χ0n) is 14.6. The lowest BCUT2D eigenvalue weighted by molar-refractivity contribution is -0.383. The van der Waals surface area contributed by atoms with Gasteiger partial charge in [-0.05, 0) is 30.2 Å². The molecule has 7 nitrogen and oxygen atoms in total. The second-order valence-electron chi connectivity index (χ2n) is 6.18. The Kier molecular flexibility index (Phi) is 5.28. The third-order valence-corrected chi connectivity index (χ3v) is 4.46. The van der Waals surface area contributed by atoms with Gasteiger partial charge in [0.15, 0.2) is 0 Å². The molecule has 1 unspecified atom stereocenters. The molecule has 0 spiro atoms. The predicted molar refractivity (Wildman–Crippen MR) is 99.1 cm³/mol. The summed E-state index contributed by atoms with van der Waals surface area (Å²) in [5, 5.41) is 10.5. The van der Waals surface area contributed by atoms with Gasteiger partial charge in [-0.25, -0.2) is 4.98 Å². The number of nitrogens with one attached hydrogen (secondary N) is 1. The van der Waals surface area contributed by atoms with Crippen LogP contribution in [0.4, 0.5) is 14.5 Å². The summed E-state index contributed by atoms with van der Waals surface area (Å²) in [5.41, 5.74) is 0.790. The number of fused-ring (bicyclic) bond motifs is 1. The van der Waals surface area contributed by atoms with Gasteiger partial charge in [-0.15, -0.1) is 0 Å². The standard InChI is InChI=1S/C18H15ClF2N4O3/c1-11(12-5-7-13(8-6-12)18(19,20)21)23-16(26)9-24-10-22-14-3-2-4-15(17(14)24)25(27)28/h2-8,10-11H,9H2,1H3,(H,23,26). The van der Waals surface area contributed by atoms with Gasteiger partial charge in [-0.1, -0.05) is 30.3 Å². The second kappa shape index (κ2) is 7.51. The topological polar surface area (TPSA) is 90.1 Å². The SMILES string of the molecule is CC(NC(=O)Cn1cnc2cccc([N+](=O)[O-])c21)c1ccc(C(F)(F)Cl)cc1. The Bertz CT molecular complexity index is 1030. The minimum Gasteiger partial charge on any atom is -0.348 e. The minimum atomic E-state index is -3.46. The Hall–Kier alpha value is -3.07. The third kappa shape index (κ3) is 4.09. The van der Waals surface area contributed by atoms with Crippen molar-refractivity contribution in [2.75, 3.05) is 0 Å². The first-order valence-corrected chi connectivity index (χ1v) is 8.59. The number of nitro groups is 1. The predicted octanol–water partition coefficient (Wildman–Crippen LogP) is 4.11. The van der Waals surface area contributed by atoms with Gasteiger partial charge in [-0.3, -0.25) is 14.9 Å². The summed E-state index contributed by atoms with van der Waals surface area (Å²) in [6, 6.07) is 9.31. The van der Waals surface area contributed by atoms with Crippen LogP contribution in [-0.2, 0) is 16.7 Å². The number of halogens is 3. The van der Waals surface area contributed by atoms with Crippen LogP contribution in [0, 0.1) is 10.1 Å². The van der Waals surface area contributed by atoms with Crippen LogP contribution in [0.25, 0.3) is 11.0 Å². The third-order valence-electron chi connectivity index (χ3n) is 4.24. The maximum absolute atomic E-state index is 13.1. The molecule has 0 saturated heterocycles. The smallest absolute Gasteiger partial charge is 0.348 e. The molecule has 3 rings (SSSR count). The molecule has 1 N–H and O–H groups in total. The van der Waals surface area contributed by atoms with Crippen molar-refractivity contribution in [2.45, 2.75) is 24.9 Å². The quantitative estimate of drug-likeness (QED) is 0.377. The number of amides is 1. The molecule has 0 aliphatic rings. The molecule has 10 heteroatoms. The van der Waals surface area contributed by atoms with E-state index in [-0.39, 0.29) is 23.3 Å². The Labute approximate surface area is 163 Å². The van der Waals surface area contributed by atoms with Crippen molar-refractivity contribution in [2.24, 2.45) is 0 Å². The largest absolute Gasteiger partial charge is 0.348 e. The normalized spacial score (nSPS) is 12.7. The van der Waals surface area contributed by atoms with Crippen LogP contribution >= 0.6 is 11.6 Å². The van der Waals surface area contributed by atoms with E-state index < -0.39 is 22.3 Å². The molecule has 1 amide bonds. The van der Waals surface area contributed by atoms with Gasteiger partial charge < -0.3 is 9.88 Å². The van der Waals surface area contributed by atoms with Gasteiger partial charge in [0.1, 0.15) is 12.1 Å². The molecular weight excluding hydrogens is 394 g/mol. The average Bonchev–Trinajstić information content (AvgIpc) is 3.03. The Morgan fingerprint density at radius 2 is 2.00 bits per heavy atom. The molecular formula is C18H15ClF2N4O3. The molecule has 0 aliphatic carbocycles. The first-order chi connectivity index (χ1) is 13.2. The van der Waals surface area contributed by atoms with E-state index in [2.05, 4.69) is 10.3 Å². The zero-order chi connectivity index (χ0) is 20.5. The summed E-state index contributed by atoms with van der Waals surface area (Å²) in [4.78, 5) is 27.1. The van der Waals surface area contributed by atoms with Crippen molar-refractivity contribution in [3.63, 3.8) is 0 Å². The molecule has 28 heavy (non-hydrogen) atoms. The number of carbonyl (C=O) groups excluding carboxylic acids is 1. The number of hydrogen-bond acceptors (Lipinski definition) is 4. The van der Waals surface area contributed by atoms with Crippen LogP contribution < -0.4 is 5.32 Å². The number of rotatable bonds is 6. The van der Waals surface area contributed by atoms with Crippen LogP contribution in [-0.4, -0.2) is 20.4 Å². The van der Waals surface area contributed by atoms with Gasteiger partial charge in [0.05, 0.1) is 22.8 Å². The van der Waals surface area contributed by atoms with Crippen LogP contribution in [0.3, 0.4) is 0 Å². The molecule has 1 aromatic heterocycles. The van der Waals surface area contributed by atoms with E-state index in [1.54, 1.807) is 13.0 Å². The van der Waals surface area contributed by atoms with Gasteiger partial charge in [-0.2, -0.15) is 8.78 Å². The molecule has 0 fully saturated rings. The van der Waals surface area contributed by atoms with E-state index in [9.17, 15) is 23.7 Å². The Morgan fingerprint density at radius 1 is 1.32 bits per heavy atom. The highest BCUT2D eigenvalue weighted by atomic mass is 35.5. The van der Waals surface area contributed by atoms with E-state index in [1.807, 2.05) is 0 Å². The highest BCUT2D eigenvalue weighted by Gasteiger charge is 2.27. The fourth-order valence-corrected chi connectivity index (χ4v) is 2.99. The summed E-state index contributed by atoms with van der Waals surface area (Å²) in [5.74, 6) is -0.406. The van der Waals surface area contributed by atoms with E-state index >= 15 is 0 Å². The van der Waals surface area contributed by atoms with Crippen molar-refractivity contribution in [1.82, 2.24) is 14.9 Å². The average molecular weight is 409 g/mol. The summed E-state index contributed by atoms with van der Waals surface area (Å²) < 4.78 is 27.5. The lowest BCUT2D eigenvalue weighted by Crippen LogP contribution is -2.30. The maximum Gasteiger partial charge on any atom is 0.348 e. The molecule has 1 heterocycles. The number of benzene rings is 2. The number of imidazole rings is 1. The van der Waals surface area contributed by atoms with Crippen LogP contribution in [0.5, 0.6) is 0 Å². The number of alkyl halides is 3. The van der Waals surface area contributed by atoms with Crippen LogP contribution in [0.15, 0.2) is 48.8 Å². The second-order valence-corrected chi connectivity index (χ2v) is 6.66. The lowest BCUT2D eigenvalue weighted by Gasteiger charge is -2.16. The number of para-hydroxylation sites is 1. The van der Waals surface area contributed by atoms with Crippen molar-refractivity contribution in [1.29, 1.82) is 0 Å². The van der Waals surface area contributed by atoms with Gasteiger partial charge in [0.2, 0.25) is 5.91 Å². The monoisotopic (exact) mass is 408 g/mol. The van der Waals surface area contributed by atoms with Crippen LogP contribution in [0.1, 0.15) is 24.1 Å². The van der Waals surface area contributed by atoms with E-state index in [0.717, 1.165) is 0 Å². The Balaban J connectivity index is 1.74. The molecule has 0 radical (unpaired) electrons. The van der Waals surface area contributed by atoms with E-state index in [1.165, 1.54) is 47.3 Å². The van der Waals surface area contributed by atoms with E-state index in [4.69, 9.17) is 11.6 Å². The van der Waals surface area contributed by atoms with Crippen molar-refractivity contribution < 1.29 is 18.5 Å².